The van der Waals surface area contributed by atoms with Gasteiger partial charge in [-0.15, -0.1) is 0 Å². The van der Waals surface area contributed by atoms with Crippen LogP contribution in [0.4, 0.5) is 5.69 Å². The normalized spacial score (nSPS) is 10.2. The maximum Gasteiger partial charge on any atom is 0.304 e. The van der Waals surface area contributed by atoms with Gasteiger partial charge in [0, 0.05) is 37.8 Å². The number of para-hydroxylation sites is 1. The van der Waals surface area contributed by atoms with Crippen molar-refractivity contribution in [3.05, 3.63) is 29.8 Å². The molecule has 0 saturated heterocycles. The van der Waals surface area contributed by atoms with Crippen LogP contribution in [0, 0.1) is 0 Å². The summed E-state index contributed by atoms with van der Waals surface area (Å²) in [5.41, 5.74) is 1.55. The highest BCUT2D eigenvalue weighted by Crippen LogP contribution is 2.21. The average molecular weight is 328 g/mol. The number of carbonyl (C=O) groups is 2. The Bertz CT molecular complexity index is 481. The molecule has 0 unspecified atom stereocenters. The molecular weight excluding hydrogens is 308 g/mol. The second-order valence-electron chi connectivity index (χ2n) is 4.46. The molecule has 0 saturated carbocycles. The molecule has 0 aromatic heterocycles. The number of anilines is 1. The van der Waals surface area contributed by atoms with E-state index in [-0.39, 0.29) is 12.3 Å². The molecule has 0 aliphatic heterocycles. The number of carboxylic acid groups (broad SMARTS) is 1. The first-order valence-corrected chi connectivity index (χ1v) is 9.02. The molecule has 0 aliphatic carbocycles. The standard InChI is InChI=1S/C14H20N2O3S2/c1-16(2)12-6-4-3-5-11(12)14(19)15-8-10-21-20-9-7-13(17)18/h3-6H,7-10H2,1-2H3,(H,15,19)(H,17,18). The first-order chi connectivity index (χ1) is 10.0. The first-order valence-electron chi connectivity index (χ1n) is 6.53. The van der Waals surface area contributed by atoms with E-state index < -0.39 is 5.97 Å². The average Bonchev–Trinajstić information content (AvgIpc) is 2.45. The third-order valence-corrected chi connectivity index (χ3v) is 4.99. The second-order valence-corrected chi connectivity index (χ2v) is 7.16. The lowest BCUT2D eigenvalue weighted by Gasteiger charge is -2.16. The van der Waals surface area contributed by atoms with Crippen molar-refractivity contribution in [3.63, 3.8) is 0 Å². The Morgan fingerprint density at radius 3 is 2.52 bits per heavy atom. The van der Waals surface area contributed by atoms with Crippen molar-refractivity contribution in [1.82, 2.24) is 5.32 Å². The molecule has 1 amide bonds. The Morgan fingerprint density at radius 2 is 1.86 bits per heavy atom. The number of hydrogen-bond donors (Lipinski definition) is 2. The molecule has 1 rings (SSSR count). The molecule has 1 aromatic carbocycles. The minimum Gasteiger partial charge on any atom is -0.481 e. The zero-order valence-corrected chi connectivity index (χ0v) is 13.8. The van der Waals surface area contributed by atoms with E-state index in [2.05, 4.69) is 5.32 Å². The van der Waals surface area contributed by atoms with Crippen LogP contribution in [0.5, 0.6) is 0 Å². The van der Waals surface area contributed by atoms with Gasteiger partial charge < -0.3 is 15.3 Å². The van der Waals surface area contributed by atoms with Crippen LogP contribution in [-0.4, -0.2) is 49.1 Å². The van der Waals surface area contributed by atoms with Gasteiger partial charge in [-0.1, -0.05) is 33.7 Å². The number of benzene rings is 1. The Hall–Kier alpha value is -1.34. The number of hydrogen-bond acceptors (Lipinski definition) is 5. The van der Waals surface area contributed by atoms with Crippen molar-refractivity contribution in [3.8, 4) is 0 Å². The van der Waals surface area contributed by atoms with E-state index in [0.29, 0.717) is 17.9 Å². The van der Waals surface area contributed by atoms with Gasteiger partial charge >= 0.3 is 5.97 Å². The van der Waals surface area contributed by atoms with Crippen molar-refractivity contribution in [1.29, 1.82) is 0 Å². The third-order valence-electron chi connectivity index (χ3n) is 2.58. The monoisotopic (exact) mass is 328 g/mol. The number of nitrogens with one attached hydrogen (secondary N) is 1. The SMILES string of the molecule is CN(C)c1ccccc1C(=O)NCCSSCCC(=O)O. The van der Waals surface area contributed by atoms with Gasteiger partial charge in [0.15, 0.2) is 0 Å². The van der Waals surface area contributed by atoms with Crippen LogP contribution >= 0.6 is 21.6 Å². The van der Waals surface area contributed by atoms with E-state index >= 15 is 0 Å². The van der Waals surface area contributed by atoms with Crippen molar-refractivity contribution in [2.75, 3.05) is 37.0 Å². The van der Waals surface area contributed by atoms with Crippen molar-refractivity contribution >= 4 is 39.2 Å². The summed E-state index contributed by atoms with van der Waals surface area (Å²) in [6, 6.07) is 7.46. The summed E-state index contributed by atoms with van der Waals surface area (Å²) in [4.78, 5) is 24.4. The van der Waals surface area contributed by atoms with Crippen LogP contribution in [0.2, 0.25) is 0 Å². The number of carbonyl (C=O) groups excluding carboxylic acids is 1. The van der Waals surface area contributed by atoms with Gasteiger partial charge in [-0.2, -0.15) is 0 Å². The molecule has 0 heterocycles. The predicted molar refractivity (Wildman–Crippen MR) is 90.3 cm³/mol. The molecule has 0 bridgehead atoms. The second kappa shape index (κ2) is 9.57. The Morgan fingerprint density at radius 1 is 1.19 bits per heavy atom. The van der Waals surface area contributed by atoms with E-state index in [9.17, 15) is 9.59 Å². The van der Waals surface area contributed by atoms with E-state index in [1.54, 1.807) is 16.9 Å². The minimum atomic E-state index is -0.781. The summed E-state index contributed by atoms with van der Waals surface area (Å²) < 4.78 is 0. The van der Waals surface area contributed by atoms with Crippen molar-refractivity contribution < 1.29 is 14.7 Å². The van der Waals surface area contributed by atoms with E-state index in [0.717, 1.165) is 11.4 Å². The lowest BCUT2D eigenvalue weighted by molar-refractivity contribution is -0.136. The van der Waals surface area contributed by atoms with Crippen LogP contribution in [-0.2, 0) is 4.79 Å². The zero-order chi connectivity index (χ0) is 15.7. The number of carboxylic acids is 1. The molecule has 7 heteroatoms. The van der Waals surface area contributed by atoms with Crippen LogP contribution in [0.15, 0.2) is 24.3 Å². The topological polar surface area (TPSA) is 69.6 Å². The van der Waals surface area contributed by atoms with Gasteiger partial charge in [0.2, 0.25) is 0 Å². The zero-order valence-electron chi connectivity index (χ0n) is 12.2. The van der Waals surface area contributed by atoms with E-state index in [1.165, 1.54) is 10.8 Å². The first kappa shape index (κ1) is 17.7. The summed E-state index contributed by atoms with van der Waals surface area (Å²) in [6.07, 6.45) is 0.167. The number of nitrogens with zero attached hydrogens (tertiary/aromatic N) is 1. The van der Waals surface area contributed by atoms with Gasteiger partial charge in [0.1, 0.15) is 0 Å². The molecule has 5 nitrogen and oxygen atoms in total. The summed E-state index contributed by atoms with van der Waals surface area (Å²) in [5.74, 6) is 0.463. The van der Waals surface area contributed by atoms with Gasteiger partial charge in [-0.3, -0.25) is 9.59 Å². The molecule has 0 spiro atoms. The molecule has 0 radical (unpaired) electrons. The molecule has 1 aromatic rings. The summed E-state index contributed by atoms with van der Waals surface area (Å²) in [6.45, 7) is 0.561. The Labute approximate surface area is 132 Å². The summed E-state index contributed by atoms with van der Waals surface area (Å²) in [5, 5.41) is 11.4. The van der Waals surface area contributed by atoms with Crippen molar-refractivity contribution in [2.24, 2.45) is 0 Å². The molecule has 21 heavy (non-hydrogen) atoms. The summed E-state index contributed by atoms with van der Waals surface area (Å²) >= 11 is 0. The maximum absolute atomic E-state index is 12.1. The highest BCUT2D eigenvalue weighted by atomic mass is 33.1. The number of rotatable bonds is 9. The fourth-order valence-electron chi connectivity index (χ4n) is 1.60. The highest BCUT2D eigenvalue weighted by Gasteiger charge is 2.11. The predicted octanol–water partition coefficient (Wildman–Crippen LogP) is 2.34. The maximum atomic E-state index is 12.1. The fraction of sp³-hybridized carbons (Fsp3) is 0.429. The van der Waals surface area contributed by atoms with E-state index in [1.807, 2.05) is 37.2 Å². The highest BCUT2D eigenvalue weighted by molar-refractivity contribution is 8.76. The van der Waals surface area contributed by atoms with Crippen molar-refractivity contribution in [2.45, 2.75) is 6.42 Å². The van der Waals surface area contributed by atoms with Crippen LogP contribution in [0.1, 0.15) is 16.8 Å². The minimum absolute atomic E-state index is 0.0876. The molecule has 0 fully saturated rings. The van der Waals surface area contributed by atoms with Gasteiger partial charge in [0.25, 0.3) is 5.91 Å². The number of aliphatic carboxylic acids is 1. The van der Waals surface area contributed by atoms with Crippen LogP contribution in [0.3, 0.4) is 0 Å². The van der Waals surface area contributed by atoms with Gasteiger partial charge in [-0.05, 0) is 12.1 Å². The molecule has 0 aliphatic rings. The smallest absolute Gasteiger partial charge is 0.304 e. The lowest BCUT2D eigenvalue weighted by Crippen LogP contribution is -2.27. The molecule has 116 valence electrons. The van der Waals surface area contributed by atoms with Gasteiger partial charge in [0.05, 0.1) is 12.0 Å². The summed E-state index contributed by atoms with van der Waals surface area (Å²) in [7, 11) is 6.89. The van der Waals surface area contributed by atoms with Gasteiger partial charge in [-0.25, -0.2) is 0 Å². The van der Waals surface area contributed by atoms with Crippen LogP contribution < -0.4 is 10.2 Å². The molecular formula is C14H20N2O3S2. The lowest BCUT2D eigenvalue weighted by atomic mass is 10.1. The van der Waals surface area contributed by atoms with Crippen LogP contribution in [0.25, 0.3) is 0 Å². The number of amides is 1. The molecule has 0 atom stereocenters. The fourth-order valence-corrected chi connectivity index (χ4v) is 3.49. The third kappa shape index (κ3) is 6.77. The van der Waals surface area contributed by atoms with E-state index in [4.69, 9.17) is 5.11 Å². The molecule has 2 N–H and O–H groups in total. The largest absolute Gasteiger partial charge is 0.481 e. The quantitative estimate of drug-likeness (QED) is 0.536. The Kier molecular flexibility index (Phi) is 8.07. The Balaban J connectivity index is 2.30.